The normalized spacial score (nSPS) is 10.3. The zero-order valence-electron chi connectivity index (χ0n) is 8.43. The van der Waals surface area contributed by atoms with Gasteiger partial charge in [0.1, 0.15) is 0 Å². The van der Waals surface area contributed by atoms with Crippen LogP contribution in [0, 0.1) is 0 Å². The van der Waals surface area contributed by atoms with E-state index in [1.807, 2.05) is 18.2 Å². The summed E-state index contributed by atoms with van der Waals surface area (Å²) >= 11 is 1.70. The summed E-state index contributed by atoms with van der Waals surface area (Å²) in [5.74, 6) is 0.634. The molecular formula is C11H12N2OS. The Balaban J connectivity index is 2.35. The van der Waals surface area contributed by atoms with E-state index in [1.54, 1.807) is 24.6 Å². The Labute approximate surface area is 92.5 Å². The Morgan fingerprint density at radius 2 is 2.27 bits per heavy atom. The molecular weight excluding hydrogens is 208 g/mol. The lowest BCUT2D eigenvalue weighted by atomic mass is 10.2. The van der Waals surface area contributed by atoms with E-state index in [9.17, 15) is 0 Å². The van der Waals surface area contributed by atoms with Crippen molar-refractivity contribution in [2.75, 3.05) is 7.11 Å². The molecule has 0 atom stereocenters. The van der Waals surface area contributed by atoms with Gasteiger partial charge in [-0.1, -0.05) is 0 Å². The van der Waals surface area contributed by atoms with Gasteiger partial charge in [0.05, 0.1) is 7.11 Å². The summed E-state index contributed by atoms with van der Waals surface area (Å²) in [5.41, 5.74) is 6.69. The van der Waals surface area contributed by atoms with Gasteiger partial charge in [-0.15, -0.1) is 11.3 Å². The van der Waals surface area contributed by atoms with Crippen LogP contribution >= 0.6 is 11.3 Å². The minimum Gasteiger partial charge on any atom is -0.481 e. The number of nitrogens with two attached hydrogens (primary N) is 1. The lowest BCUT2D eigenvalue weighted by Crippen LogP contribution is -1.91. The molecule has 0 aliphatic rings. The molecule has 0 aliphatic carbocycles. The number of rotatable bonds is 3. The van der Waals surface area contributed by atoms with Crippen molar-refractivity contribution < 1.29 is 4.74 Å². The molecule has 0 aromatic carbocycles. The number of hydrogen-bond acceptors (Lipinski definition) is 4. The van der Waals surface area contributed by atoms with Crippen LogP contribution in [0.4, 0.5) is 0 Å². The van der Waals surface area contributed by atoms with Gasteiger partial charge in [0, 0.05) is 28.6 Å². The standard InChI is InChI=1S/C11H12N2OS/c1-14-11-6-8(4-5-13-11)10-3-2-9(7-12)15-10/h2-6H,7,12H2,1H3. The van der Waals surface area contributed by atoms with Crippen molar-refractivity contribution in [3.63, 3.8) is 0 Å². The summed E-state index contributed by atoms with van der Waals surface area (Å²) < 4.78 is 5.08. The molecule has 0 radical (unpaired) electrons. The third kappa shape index (κ3) is 2.16. The third-order valence-electron chi connectivity index (χ3n) is 2.09. The topological polar surface area (TPSA) is 48.1 Å². The lowest BCUT2D eigenvalue weighted by molar-refractivity contribution is 0.398. The summed E-state index contributed by atoms with van der Waals surface area (Å²) in [6, 6.07) is 8.01. The molecule has 0 saturated carbocycles. The SMILES string of the molecule is COc1cc(-c2ccc(CN)s2)ccn1. The monoisotopic (exact) mass is 220 g/mol. The second-order valence-electron chi connectivity index (χ2n) is 3.06. The number of methoxy groups -OCH3 is 1. The van der Waals surface area contributed by atoms with E-state index in [4.69, 9.17) is 10.5 Å². The molecule has 4 heteroatoms. The largest absolute Gasteiger partial charge is 0.481 e. The van der Waals surface area contributed by atoms with E-state index in [-0.39, 0.29) is 0 Å². The van der Waals surface area contributed by atoms with E-state index in [2.05, 4.69) is 11.1 Å². The van der Waals surface area contributed by atoms with Gasteiger partial charge in [-0.2, -0.15) is 0 Å². The summed E-state index contributed by atoms with van der Waals surface area (Å²) in [5, 5.41) is 0. The summed E-state index contributed by atoms with van der Waals surface area (Å²) in [6.07, 6.45) is 1.75. The van der Waals surface area contributed by atoms with Crippen molar-refractivity contribution in [2.45, 2.75) is 6.54 Å². The minimum atomic E-state index is 0.590. The van der Waals surface area contributed by atoms with Crippen LogP contribution in [0.2, 0.25) is 0 Å². The van der Waals surface area contributed by atoms with Crippen LogP contribution in [0.25, 0.3) is 10.4 Å². The maximum absolute atomic E-state index is 5.57. The molecule has 2 aromatic rings. The molecule has 0 amide bonds. The van der Waals surface area contributed by atoms with Crippen molar-refractivity contribution in [2.24, 2.45) is 5.73 Å². The Hall–Kier alpha value is -1.39. The average Bonchev–Trinajstić information content (AvgIpc) is 2.78. The number of hydrogen-bond donors (Lipinski definition) is 1. The van der Waals surface area contributed by atoms with Gasteiger partial charge >= 0.3 is 0 Å². The van der Waals surface area contributed by atoms with Gasteiger partial charge in [-0.05, 0) is 23.8 Å². The molecule has 0 aliphatic heterocycles. The van der Waals surface area contributed by atoms with E-state index in [1.165, 1.54) is 9.75 Å². The van der Waals surface area contributed by atoms with Gasteiger partial charge in [-0.25, -0.2) is 4.98 Å². The maximum atomic E-state index is 5.57. The Morgan fingerprint density at radius 1 is 1.40 bits per heavy atom. The van der Waals surface area contributed by atoms with Crippen molar-refractivity contribution in [3.05, 3.63) is 35.3 Å². The van der Waals surface area contributed by atoms with Crippen LogP contribution in [0.15, 0.2) is 30.5 Å². The quantitative estimate of drug-likeness (QED) is 0.863. The summed E-state index contributed by atoms with van der Waals surface area (Å²) in [4.78, 5) is 6.44. The van der Waals surface area contributed by atoms with E-state index >= 15 is 0 Å². The number of ether oxygens (including phenoxy) is 1. The van der Waals surface area contributed by atoms with Gasteiger partial charge in [-0.3, -0.25) is 0 Å². The molecule has 0 bridgehead atoms. The van der Waals surface area contributed by atoms with E-state index in [0.29, 0.717) is 12.4 Å². The van der Waals surface area contributed by atoms with Crippen LogP contribution < -0.4 is 10.5 Å². The second kappa shape index (κ2) is 4.42. The average molecular weight is 220 g/mol. The summed E-state index contributed by atoms with van der Waals surface area (Å²) in [6.45, 7) is 0.590. The molecule has 2 aromatic heterocycles. The highest BCUT2D eigenvalue weighted by Crippen LogP contribution is 2.29. The van der Waals surface area contributed by atoms with Crippen LogP contribution in [0.3, 0.4) is 0 Å². The number of aromatic nitrogens is 1. The number of pyridine rings is 1. The fraction of sp³-hybridized carbons (Fsp3) is 0.182. The molecule has 0 saturated heterocycles. The van der Waals surface area contributed by atoms with Gasteiger partial charge in [0.2, 0.25) is 5.88 Å². The van der Waals surface area contributed by atoms with E-state index in [0.717, 1.165) is 5.56 Å². The highest BCUT2D eigenvalue weighted by atomic mass is 32.1. The van der Waals surface area contributed by atoms with Crippen molar-refractivity contribution in [3.8, 4) is 16.3 Å². The zero-order chi connectivity index (χ0) is 10.7. The highest BCUT2D eigenvalue weighted by molar-refractivity contribution is 7.15. The Morgan fingerprint density at radius 3 is 2.93 bits per heavy atom. The molecule has 15 heavy (non-hydrogen) atoms. The lowest BCUT2D eigenvalue weighted by Gasteiger charge is -2.00. The van der Waals surface area contributed by atoms with Crippen molar-refractivity contribution in [1.82, 2.24) is 4.98 Å². The highest BCUT2D eigenvalue weighted by Gasteiger charge is 2.03. The number of nitrogens with zero attached hydrogens (tertiary/aromatic N) is 1. The van der Waals surface area contributed by atoms with Crippen LogP contribution in [-0.4, -0.2) is 12.1 Å². The van der Waals surface area contributed by atoms with Gasteiger partial charge < -0.3 is 10.5 Å². The van der Waals surface area contributed by atoms with Crippen LogP contribution in [0.5, 0.6) is 5.88 Å². The minimum absolute atomic E-state index is 0.590. The third-order valence-corrected chi connectivity index (χ3v) is 3.25. The molecule has 3 nitrogen and oxygen atoms in total. The number of thiophene rings is 1. The molecule has 2 N–H and O–H groups in total. The molecule has 2 heterocycles. The molecule has 0 unspecified atom stereocenters. The predicted octanol–water partition coefficient (Wildman–Crippen LogP) is 2.28. The van der Waals surface area contributed by atoms with Gasteiger partial charge in [0.15, 0.2) is 0 Å². The first-order valence-electron chi connectivity index (χ1n) is 4.62. The first kappa shape index (κ1) is 10.1. The maximum Gasteiger partial charge on any atom is 0.213 e. The Bertz CT molecular complexity index is 453. The smallest absolute Gasteiger partial charge is 0.213 e. The van der Waals surface area contributed by atoms with E-state index < -0.39 is 0 Å². The molecule has 0 fully saturated rings. The predicted molar refractivity (Wildman–Crippen MR) is 62.0 cm³/mol. The first-order chi connectivity index (χ1) is 7.33. The second-order valence-corrected chi connectivity index (χ2v) is 4.23. The van der Waals surface area contributed by atoms with Crippen LogP contribution in [-0.2, 0) is 6.54 Å². The Kier molecular flexibility index (Phi) is 2.99. The van der Waals surface area contributed by atoms with Crippen molar-refractivity contribution in [1.29, 1.82) is 0 Å². The van der Waals surface area contributed by atoms with Gasteiger partial charge in [0.25, 0.3) is 0 Å². The molecule has 0 spiro atoms. The van der Waals surface area contributed by atoms with Crippen LogP contribution in [0.1, 0.15) is 4.88 Å². The fourth-order valence-corrected chi connectivity index (χ4v) is 2.20. The molecule has 78 valence electrons. The zero-order valence-corrected chi connectivity index (χ0v) is 9.25. The molecule has 2 rings (SSSR count). The summed E-state index contributed by atoms with van der Waals surface area (Å²) in [7, 11) is 1.62. The van der Waals surface area contributed by atoms with Crippen molar-refractivity contribution >= 4 is 11.3 Å². The first-order valence-corrected chi connectivity index (χ1v) is 5.44. The fourth-order valence-electron chi connectivity index (χ4n) is 1.32.